The minimum Gasteiger partial charge on any atom is -0.464 e. The van der Waals surface area contributed by atoms with E-state index in [1.165, 1.54) is 6.92 Å². The number of esters is 1. The number of carbonyl (C=O) groups is 1. The van der Waals surface area contributed by atoms with E-state index >= 15 is 0 Å². The third-order valence-corrected chi connectivity index (χ3v) is 7.38. The summed E-state index contributed by atoms with van der Waals surface area (Å²) in [7, 11) is -7.69. The van der Waals surface area contributed by atoms with Crippen LogP contribution in [0.15, 0.2) is 0 Å². The molecule has 1 atom stereocenters. The standard InChI is InChI=1S/C18H14F23NO4S/c1-3-6(2)7(43)46-5-4-42-47(44,45)18(40,41)16(35,36)14(31,32)12(27,28)10(23,24)8(19,20)9(21,22)11(25,26)13(29,30)15(33,34)17(37,38)39/h6,42H,3-5H2,1-2H3. The van der Waals surface area contributed by atoms with Gasteiger partial charge in [0.1, 0.15) is 6.61 Å². The molecule has 0 fully saturated rings. The molecule has 0 aliphatic heterocycles. The molecule has 0 bridgehead atoms. The quantitative estimate of drug-likeness (QED) is 0.101. The number of alkyl halides is 23. The predicted molar refractivity (Wildman–Crippen MR) is 103 cm³/mol. The van der Waals surface area contributed by atoms with E-state index in [2.05, 4.69) is 4.74 Å². The molecular formula is C18H14F23NO4S. The van der Waals surface area contributed by atoms with Crippen molar-refractivity contribution in [3.63, 3.8) is 0 Å². The number of sulfonamides is 1. The maximum absolute atomic E-state index is 14.0. The molecule has 0 aliphatic rings. The first-order valence-corrected chi connectivity index (χ1v) is 12.6. The normalized spacial score (nSPS) is 16.7. The third-order valence-electron chi connectivity index (χ3n) is 5.87. The Kier molecular flexibility index (Phi) is 11.7. The molecular weight excluding hydrogens is 763 g/mol. The first-order valence-electron chi connectivity index (χ1n) is 11.1. The van der Waals surface area contributed by atoms with Gasteiger partial charge in [0.2, 0.25) is 0 Å². The van der Waals surface area contributed by atoms with Gasteiger partial charge in [-0.25, -0.2) is 13.1 Å². The number of halogens is 23. The van der Waals surface area contributed by atoms with Gasteiger partial charge in [0.25, 0.3) is 10.0 Å². The SMILES string of the molecule is CCC(C)C(=O)OCCNS(=O)(=O)C(F)(F)C(F)(F)C(F)(F)C(F)(F)C(F)(F)C(F)(F)C(F)(F)C(F)(F)C(F)(F)C(F)(F)C(F)(F)F. The van der Waals surface area contributed by atoms with Crippen molar-refractivity contribution in [2.24, 2.45) is 5.92 Å². The molecule has 29 heteroatoms. The Balaban J connectivity index is 6.94. The molecule has 0 spiro atoms. The first-order chi connectivity index (χ1) is 20.1. The van der Waals surface area contributed by atoms with Gasteiger partial charge >= 0.3 is 70.7 Å². The van der Waals surface area contributed by atoms with Crippen LogP contribution < -0.4 is 4.72 Å². The van der Waals surface area contributed by atoms with Gasteiger partial charge in [-0.15, -0.1) is 0 Å². The van der Waals surface area contributed by atoms with Crippen molar-refractivity contribution in [1.82, 2.24) is 4.72 Å². The average Bonchev–Trinajstić information content (AvgIpc) is 2.88. The third kappa shape index (κ3) is 6.22. The van der Waals surface area contributed by atoms with Gasteiger partial charge in [-0.1, -0.05) is 13.8 Å². The molecule has 0 saturated carbocycles. The fourth-order valence-corrected chi connectivity index (χ4v) is 3.64. The summed E-state index contributed by atoms with van der Waals surface area (Å²) in [6.07, 6.45) is -8.18. The number of hydrogen-bond donors (Lipinski definition) is 1. The van der Waals surface area contributed by atoms with Gasteiger partial charge in [0, 0.05) is 6.54 Å². The zero-order chi connectivity index (χ0) is 38.7. The first kappa shape index (κ1) is 44.8. The maximum Gasteiger partial charge on any atom is 0.460 e. The van der Waals surface area contributed by atoms with E-state index in [4.69, 9.17) is 0 Å². The van der Waals surface area contributed by atoms with Crippen LogP contribution >= 0.6 is 0 Å². The molecule has 0 heterocycles. The Hall–Kier alpha value is -2.23. The highest BCUT2D eigenvalue weighted by atomic mass is 32.2. The molecule has 0 aromatic rings. The van der Waals surface area contributed by atoms with Crippen LogP contribution in [0.4, 0.5) is 101 Å². The molecule has 1 N–H and O–H groups in total. The van der Waals surface area contributed by atoms with Crippen molar-refractivity contribution in [2.75, 3.05) is 13.2 Å². The highest BCUT2D eigenvalue weighted by Crippen LogP contribution is 2.67. The number of rotatable bonds is 16. The van der Waals surface area contributed by atoms with Crippen LogP contribution in [0.2, 0.25) is 0 Å². The molecule has 0 radical (unpaired) electrons. The summed E-state index contributed by atoms with van der Waals surface area (Å²) in [5.41, 5.74) is 0. The summed E-state index contributed by atoms with van der Waals surface area (Å²) in [5.74, 6) is -85.5. The Morgan fingerprint density at radius 1 is 0.553 bits per heavy atom. The highest BCUT2D eigenvalue weighted by molar-refractivity contribution is 7.90. The lowest BCUT2D eigenvalue weighted by Crippen LogP contribution is -2.78. The lowest BCUT2D eigenvalue weighted by atomic mass is 9.86. The number of ether oxygens (including phenoxy) is 1. The summed E-state index contributed by atoms with van der Waals surface area (Å²) in [4.78, 5) is 11.3. The minimum absolute atomic E-state index is 0.00608. The second-order valence-corrected chi connectivity index (χ2v) is 10.9. The zero-order valence-corrected chi connectivity index (χ0v) is 22.7. The summed E-state index contributed by atoms with van der Waals surface area (Å²) >= 11 is 0. The van der Waals surface area contributed by atoms with Crippen LogP contribution in [-0.2, 0) is 19.6 Å². The molecule has 47 heavy (non-hydrogen) atoms. The molecule has 1 unspecified atom stereocenters. The molecule has 0 aromatic carbocycles. The molecule has 0 aromatic heterocycles. The van der Waals surface area contributed by atoms with Crippen LogP contribution in [0.1, 0.15) is 20.3 Å². The number of carbonyl (C=O) groups excluding carboxylic acids is 1. The van der Waals surface area contributed by atoms with Crippen LogP contribution in [0, 0.1) is 5.92 Å². The fraction of sp³-hybridized carbons (Fsp3) is 0.944. The van der Waals surface area contributed by atoms with E-state index in [0.717, 1.165) is 6.92 Å². The Morgan fingerprint density at radius 2 is 0.830 bits per heavy atom. The highest BCUT2D eigenvalue weighted by Gasteiger charge is 2.99. The Morgan fingerprint density at radius 3 is 1.11 bits per heavy atom. The van der Waals surface area contributed by atoms with Gasteiger partial charge in [0.15, 0.2) is 0 Å². The molecule has 282 valence electrons. The summed E-state index contributed by atoms with van der Waals surface area (Å²) < 4.78 is 336. The Bertz CT molecular complexity index is 1240. The minimum atomic E-state index is -9.59. The van der Waals surface area contributed by atoms with Gasteiger partial charge in [0.05, 0.1) is 5.92 Å². The second kappa shape index (κ2) is 12.3. The zero-order valence-electron chi connectivity index (χ0n) is 21.9. The monoisotopic (exact) mass is 777 g/mol. The van der Waals surface area contributed by atoms with Gasteiger partial charge in [-0.2, -0.15) is 101 Å². The lowest BCUT2D eigenvalue weighted by molar-refractivity contribution is -0.476. The van der Waals surface area contributed by atoms with Crippen LogP contribution in [-0.4, -0.2) is 92.3 Å². The van der Waals surface area contributed by atoms with Crippen LogP contribution in [0.5, 0.6) is 0 Å². The van der Waals surface area contributed by atoms with Crippen molar-refractivity contribution < 1.29 is 119 Å². The maximum atomic E-state index is 14.0. The Labute approximate surface area is 244 Å². The number of nitrogens with one attached hydrogen (secondary N) is 1. The van der Waals surface area contributed by atoms with Crippen molar-refractivity contribution in [2.45, 2.75) is 85.0 Å². The lowest BCUT2D eigenvalue weighted by Gasteiger charge is -2.45. The van der Waals surface area contributed by atoms with Gasteiger partial charge < -0.3 is 4.74 Å². The molecule has 5 nitrogen and oxygen atoms in total. The fourth-order valence-electron chi connectivity index (χ4n) is 2.64. The smallest absolute Gasteiger partial charge is 0.460 e. The summed E-state index contributed by atoms with van der Waals surface area (Å²) in [6, 6.07) is 0. The van der Waals surface area contributed by atoms with Crippen molar-refractivity contribution in [3.8, 4) is 0 Å². The summed E-state index contributed by atoms with van der Waals surface area (Å²) in [6.45, 7) is -0.850. The second-order valence-electron chi connectivity index (χ2n) is 9.06. The van der Waals surface area contributed by atoms with E-state index in [-0.39, 0.29) is 11.1 Å². The van der Waals surface area contributed by atoms with Crippen molar-refractivity contribution in [3.05, 3.63) is 0 Å². The van der Waals surface area contributed by atoms with Crippen molar-refractivity contribution in [1.29, 1.82) is 0 Å². The van der Waals surface area contributed by atoms with Gasteiger partial charge in [-0.05, 0) is 6.42 Å². The largest absolute Gasteiger partial charge is 0.464 e. The molecule has 0 saturated heterocycles. The molecule has 0 rings (SSSR count). The van der Waals surface area contributed by atoms with Gasteiger partial charge in [-0.3, -0.25) is 4.79 Å². The van der Waals surface area contributed by atoms with E-state index in [1.807, 2.05) is 0 Å². The van der Waals surface area contributed by atoms with E-state index in [9.17, 15) is 114 Å². The molecule has 0 aliphatic carbocycles. The van der Waals surface area contributed by atoms with E-state index < -0.39 is 99.8 Å². The van der Waals surface area contributed by atoms with Crippen LogP contribution in [0.25, 0.3) is 0 Å². The van der Waals surface area contributed by atoms with Crippen molar-refractivity contribution >= 4 is 16.0 Å². The summed E-state index contributed by atoms with van der Waals surface area (Å²) in [5, 5.41) is -7.97. The average molecular weight is 777 g/mol. The van der Waals surface area contributed by atoms with E-state index in [1.54, 1.807) is 0 Å². The predicted octanol–water partition coefficient (Wildman–Crippen LogP) is 7.37. The van der Waals surface area contributed by atoms with Crippen LogP contribution in [0.3, 0.4) is 0 Å². The number of hydrogen-bond acceptors (Lipinski definition) is 4. The topological polar surface area (TPSA) is 72.5 Å². The molecule has 0 amide bonds. The van der Waals surface area contributed by atoms with E-state index in [0.29, 0.717) is 0 Å².